The van der Waals surface area contributed by atoms with Gasteiger partial charge in [0.15, 0.2) is 0 Å². The fraction of sp³-hybridized carbons (Fsp3) is 0.417. The Hall–Kier alpha value is -1.51. The number of aromatic carboxylic acids is 1. The Morgan fingerprint density at radius 3 is 2.67 bits per heavy atom. The van der Waals surface area contributed by atoms with Crippen LogP contribution in [0.5, 0.6) is 5.75 Å². The number of fused-ring (bicyclic) bond motifs is 1. The van der Waals surface area contributed by atoms with Crippen molar-refractivity contribution >= 4 is 5.97 Å². The number of rotatable bonds is 2. The summed E-state index contributed by atoms with van der Waals surface area (Å²) in [5, 5.41) is 9.07. The predicted molar refractivity (Wildman–Crippen MR) is 56.7 cm³/mol. The lowest BCUT2D eigenvalue weighted by Crippen LogP contribution is -2.05. The molecule has 0 aliphatic heterocycles. The lowest BCUT2D eigenvalue weighted by molar-refractivity contribution is 0.0693. The van der Waals surface area contributed by atoms with Crippen LogP contribution < -0.4 is 4.74 Å². The third-order valence-electron chi connectivity index (χ3n) is 3.01. The number of hydrogen-bond donors (Lipinski definition) is 1. The first-order chi connectivity index (χ1) is 7.15. The summed E-state index contributed by atoms with van der Waals surface area (Å²) in [6, 6.07) is 1.71. The highest BCUT2D eigenvalue weighted by molar-refractivity contribution is 5.92. The van der Waals surface area contributed by atoms with Crippen molar-refractivity contribution in [3.63, 3.8) is 0 Å². The molecule has 1 aliphatic carbocycles. The summed E-state index contributed by atoms with van der Waals surface area (Å²) in [5.41, 5.74) is 3.73. The van der Waals surface area contributed by atoms with Gasteiger partial charge in [-0.15, -0.1) is 0 Å². The van der Waals surface area contributed by atoms with E-state index in [4.69, 9.17) is 9.84 Å². The number of carboxylic acid groups (broad SMARTS) is 1. The van der Waals surface area contributed by atoms with Gasteiger partial charge in [0, 0.05) is 0 Å². The molecule has 0 saturated heterocycles. The molecule has 0 aromatic heterocycles. The summed E-state index contributed by atoms with van der Waals surface area (Å²) in [7, 11) is 1.54. The first-order valence-corrected chi connectivity index (χ1v) is 5.07. The summed E-state index contributed by atoms with van der Waals surface area (Å²) in [4.78, 5) is 11.1. The minimum absolute atomic E-state index is 0.288. The minimum atomic E-state index is -0.912. The molecule has 1 N–H and O–H groups in total. The van der Waals surface area contributed by atoms with Crippen molar-refractivity contribution in [1.82, 2.24) is 0 Å². The molecule has 0 unspecified atom stereocenters. The molecule has 0 saturated carbocycles. The first kappa shape index (κ1) is 10.0. The molecule has 1 aromatic carbocycles. The summed E-state index contributed by atoms with van der Waals surface area (Å²) in [6.45, 7) is 1.97. The lowest BCUT2D eigenvalue weighted by Gasteiger charge is -2.12. The minimum Gasteiger partial charge on any atom is -0.496 e. The highest BCUT2D eigenvalue weighted by atomic mass is 16.5. The molecule has 15 heavy (non-hydrogen) atoms. The second kappa shape index (κ2) is 3.57. The monoisotopic (exact) mass is 206 g/mol. The number of ether oxygens (including phenoxy) is 1. The van der Waals surface area contributed by atoms with E-state index in [2.05, 4.69) is 0 Å². The second-order valence-electron chi connectivity index (χ2n) is 3.89. The van der Waals surface area contributed by atoms with Crippen LogP contribution in [0.4, 0.5) is 0 Å². The van der Waals surface area contributed by atoms with Crippen LogP contribution in [0.3, 0.4) is 0 Å². The lowest BCUT2D eigenvalue weighted by atomic mass is 9.99. The van der Waals surface area contributed by atoms with Gasteiger partial charge in [0.25, 0.3) is 0 Å². The Kier molecular flexibility index (Phi) is 2.39. The van der Waals surface area contributed by atoms with Crippen LogP contribution in [0, 0.1) is 6.92 Å². The van der Waals surface area contributed by atoms with Crippen molar-refractivity contribution in [2.24, 2.45) is 0 Å². The van der Waals surface area contributed by atoms with Crippen LogP contribution in [0.1, 0.15) is 33.5 Å². The van der Waals surface area contributed by atoms with Crippen LogP contribution in [-0.2, 0) is 12.8 Å². The molecule has 2 rings (SSSR count). The standard InChI is InChI=1S/C12H14O3/c1-7-6-10(12(13)14)11(15-2)9-5-3-4-8(7)9/h6H,3-5H2,1-2H3,(H,13,14). The molecule has 80 valence electrons. The molecular weight excluding hydrogens is 192 g/mol. The topological polar surface area (TPSA) is 46.5 Å². The number of hydrogen-bond acceptors (Lipinski definition) is 2. The molecule has 0 spiro atoms. The number of carbonyl (C=O) groups is 1. The number of aryl methyl sites for hydroxylation is 1. The van der Waals surface area contributed by atoms with Gasteiger partial charge in [-0.3, -0.25) is 0 Å². The van der Waals surface area contributed by atoms with Gasteiger partial charge >= 0.3 is 5.97 Å². The van der Waals surface area contributed by atoms with Gasteiger partial charge in [0.05, 0.1) is 7.11 Å². The zero-order chi connectivity index (χ0) is 11.0. The average Bonchev–Trinajstić information content (AvgIpc) is 2.66. The molecule has 1 aromatic rings. The van der Waals surface area contributed by atoms with E-state index in [0.717, 1.165) is 30.4 Å². The van der Waals surface area contributed by atoms with Crippen molar-refractivity contribution in [3.05, 3.63) is 28.3 Å². The number of methoxy groups -OCH3 is 1. The van der Waals surface area contributed by atoms with Gasteiger partial charge in [-0.25, -0.2) is 4.79 Å². The van der Waals surface area contributed by atoms with Gasteiger partial charge in [-0.1, -0.05) is 0 Å². The molecule has 0 atom stereocenters. The maximum absolute atomic E-state index is 11.1. The molecule has 0 bridgehead atoms. The Bertz CT molecular complexity index is 421. The van der Waals surface area contributed by atoms with Gasteiger partial charge in [0.2, 0.25) is 0 Å². The fourth-order valence-corrected chi connectivity index (χ4v) is 2.35. The van der Waals surface area contributed by atoms with Gasteiger partial charge in [-0.05, 0) is 48.9 Å². The maximum Gasteiger partial charge on any atom is 0.339 e. The van der Waals surface area contributed by atoms with Gasteiger partial charge in [0.1, 0.15) is 11.3 Å². The third kappa shape index (κ3) is 1.48. The van der Waals surface area contributed by atoms with E-state index in [-0.39, 0.29) is 5.56 Å². The molecule has 0 radical (unpaired) electrons. The van der Waals surface area contributed by atoms with E-state index >= 15 is 0 Å². The SMILES string of the molecule is COc1c(C(=O)O)cc(C)c2c1CCC2. The first-order valence-electron chi connectivity index (χ1n) is 5.07. The van der Waals surface area contributed by atoms with Crippen LogP contribution in [0.2, 0.25) is 0 Å². The smallest absolute Gasteiger partial charge is 0.339 e. The number of carboxylic acids is 1. The van der Waals surface area contributed by atoms with Crippen molar-refractivity contribution in [3.8, 4) is 5.75 Å². The van der Waals surface area contributed by atoms with Crippen LogP contribution in [0.25, 0.3) is 0 Å². The molecule has 3 heteroatoms. The van der Waals surface area contributed by atoms with Crippen LogP contribution in [-0.4, -0.2) is 18.2 Å². The predicted octanol–water partition coefficient (Wildman–Crippen LogP) is 2.19. The quantitative estimate of drug-likeness (QED) is 0.806. The zero-order valence-corrected chi connectivity index (χ0v) is 8.96. The largest absolute Gasteiger partial charge is 0.496 e. The number of benzene rings is 1. The fourth-order valence-electron chi connectivity index (χ4n) is 2.35. The molecule has 0 fully saturated rings. The van der Waals surface area contributed by atoms with E-state index in [1.54, 1.807) is 6.07 Å². The summed E-state index contributed by atoms with van der Waals surface area (Å²) in [5.74, 6) is -0.356. The Labute approximate surface area is 88.7 Å². The van der Waals surface area contributed by atoms with E-state index in [9.17, 15) is 4.79 Å². The van der Waals surface area contributed by atoms with Crippen molar-refractivity contribution in [2.45, 2.75) is 26.2 Å². The average molecular weight is 206 g/mol. The summed E-state index contributed by atoms with van der Waals surface area (Å²) in [6.07, 6.45) is 3.06. The highest BCUT2D eigenvalue weighted by Crippen LogP contribution is 2.35. The van der Waals surface area contributed by atoms with E-state index in [1.807, 2.05) is 6.92 Å². The van der Waals surface area contributed by atoms with E-state index in [0.29, 0.717) is 5.75 Å². The molecule has 3 nitrogen and oxygen atoms in total. The molecule has 0 heterocycles. The van der Waals surface area contributed by atoms with Gasteiger partial charge < -0.3 is 9.84 Å². The molecule has 1 aliphatic rings. The Morgan fingerprint density at radius 2 is 2.07 bits per heavy atom. The van der Waals surface area contributed by atoms with E-state index in [1.165, 1.54) is 12.7 Å². The van der Waals surface area contributed by atoms with Crippen LogP contribution >= 0.6 is 0 Å². The Morgan fingerprint density at radius 1 is 1.40 bits per heavy atom. The molecular formula is C12H14O3. The van der Waals surface area contributed by atoms with Crippen molar-refractivity contribution in [2.75, 3.05) is 7.11 Å². The maximum atomic E-state index is 11.1. The Balaban J connectivity index is 2.68. The van der Waals surface area contributed by atoms with Crippen LogP contribution in [0.15, 0.2) is 6.07 Å². The summed E-state index contributed by atoms with van der Waals surface area (Å²) >= 11 is 0. The zero-order valence-electron chi connectivity index (χ0n) is 8.96. The highest BCUT2D eigenvalue weighted by Gasteiger charge is 2.23. The second-order valence-corrected chi connectivity index (χ2v) is 3.89. The van der Waals surface area contributed by atoms with Crippen molar-refractivity contribution in [1.29, 1.82) is 0 Å². The van der Waals surface area contributed by atoms with E-state index < -0.39 is 5.97 Å². The van der Waals surface area contributed by atoms with Crippen molar-refractivity contribution < 1.29 is 14.6 Å². The normalized spacial score (nSPS) is 13.7. The summed E-state index contributed by atoms with van der Waals surface area (Å²) < 4.78 is 5.22. The van der Waals surface area contributed by atoms with Gasteiger partial charge in [-0.2, -0.15) is 0 Å². The third-order valence-corrected chi connectivity index (χ3v) is 3.01. The molecule has 0 amide bonds.